The summed E-state index contributed by atoms with van der Waals surface area (Å²) in [6.45, 7) is 1.85. The Morgan fingerprint density at radius 2 is 2.11 bits per heavy atom. The molecule has 1 aliphatic rings. The van der Waals surface area contributed by atoms with Gasteiger partial charge in [-0.25, -0.2) is 4.79 Å². The molecule has 3 heteroatoms. The summed E-state index contributed by atoms with van der Waals surface area (Å²) in [6, 6.07) is 8.79. The van der Waals surface area contributed by atoms with Crippen molar-refractivity contribution >= 4 is 5.97 Å². The molecule has 1 aromatic carbocycles. The lowest BCUT2D eigenvalue weighted by atomic mass is 9.88. The van der Waals surface area contributed by atoms with Crippen molar-refractivity contribution in [2.24, 2.45) is 0 Å². The number of aliphatic hydroxyl groups is 1. The number of terminal acetylenes is 1. The minimum atomic E-state index is -0.552. The molecule has 1 aromatic rings. The van der Waals surface area contributed by atoms with E-state index in [-0.39, 0.29) is 0 Å². The van der Waals surface area contributed by atoms with Gasteiger partial charge >= 0.3 is 5.97 Å². The monoisotopic (exact) mass is 256 g/mol. The number of carbonyl (C=O) groups excluding carboxylic acids is 1. The topological polar surface area (TPSA) is 46.5 Å². The normalized spacial score (nSPS) is 22.8. The van der Waals surface area contributed by atoms with Gasteiger partial charge in [-0.1, -0.05) is 24.1 Å². The number of carbonyl (C=O) groups is 1. The van der Waals surface area contributed by atoms with E-state index in [1.807, 2.05) is 13.0 Å². The van der Waals surface area contributed by atoms with Crippen LogP contribution in [0.1, 0.15) is 30.1 Å². The Morgan fingerprint density at radius 1 is 1.42 bits per heavy atom. The first-order valence-corrected chi connectivity index (χ1v) is 6.22. The zero-order valence-corrected chi connectivity index (χ0v) is 10.8. The number of hydrogen-bond donors (Lipinski definition) is 1. The third-order valence-corrected chi connectivity index (χ3v) is 3.32. The van der Waals surface area contributed by atoms with Crippen molar-refractivity contribution in [3.63, 3.8) is 0 Å². The van der Waals surface area contributed by atoms with E-state index in [4.69, 9.17) is 11.2 Å². The molecule has 0 amide bonds. The van der Waals surface area contributed by atoms with Crippen molar-refractivity contribution in [1.82, 2.24) is 0 Å². The van der Waals surface area contributed by atoms with E-state index in [0.29, 0.717) is 18.4 Å². The number of benzene rings is 1. The minimum absolute atomic E-state index is 0.393. The predicted molar refractivity (Wildman–Crippen MR) is 72.4 cm³/mol. The zero-order chi connectivity index (χ0) is 13.8. The Balaban J connectivity index is 2.15. The van der Waals surface area contributed by atoms with Crippen LogP contribution in [0.25, 0.3) is 0 Å². The summed E-state index contributed by atoms with van der Waals surface area (Å²) >= 11 is 0. The van der Waals surface area contributed by atoms with Crippen LogP contribution in [0.5, 0.6) is 0 Å². The Labute approximate surface area is 112 Å². The fourth-order valence-corrected chi connectivity index (χ4v) is 2.18. The summed E-state index contributed by atoms with van der Waals surface area (Å²) in [5, 5.41) is 9.76. The molecule has 3 nitrogen and oxygen atoms in total. The standard InChI is InChI=1S/C16H16O3/c1-3-12-9-14(17)10-15(11(12)2)19-16(18)13-7-5-4-6-8-13/h1,4-8,14-15,17H,9-10H2,2H3/t14-,15+/m0/s1. The van der Waals surface area contributed by atoms with Gasteiger partial charge in [-0.2, -0.15) is 0 Å². The van der Waals surface area contributed by atoms with Gasteiger partial charge in [0.15, 0.2) is 0 Å². The van der Waals surface area contributed by atoms with E-state index in [0.717, 1.165) is 11.1 Å². The fourth-order valence-electron chi connectivity index (χ4n) is 2.18. The number of aliphatic hydroxyl groups excluding tert-OH is 1. The first-order valence-electron chi connectivity index (χ1n) is 6.22. The molecule has 0 spiro atoms. The van der Waals surface area contributed by atoms with Gasteiger partial charge in [0.25, 0.3) is 0 Å². The molecule has 0 bridgehead atoms. The number of rotatable bonds is 2. The summed E-state index contributed by atoms with van der Waals surface area (Å²) in [7, 11) is 0. The Morgan fingerprint density at radius 3 is 2.74 bits per heavy atom. The lowest BCUT2D eigenvalue weighted by Gasteiger charge is -2.27. The Kier molecular flexibility index (Phi) is 4.03. The van der Waals surface area contributed by atoms with Gasteiger partial charge in [-0.05, 0) is 24.6 Å². The van der Waals surface area contributed by atoms with Gasteiger partial charge in [0.2, 0.25) is 0 Å². The highest BCUT2D eigenvalue weighted by Gasteiger charge is 2.28. The fraction of sp³-hybridized carbons (Fsp3) is 0.312. The van der Waals surface area contributed by atoms with Crippen LogP contribution in [-0.4, -0.2) is 23.3 Å². The lowest BCUT2D eigenvalue weighted by molar-refractivity contribution is 0.0211. The van der Waals surface area contributed by atoms with Gasteiger partial charge in [-0.3, -0.25) is 0 Å². The van der Waals surface area contributed by atoms with Crippen molar-refractivity contribution in [2.45, 2.75) is 32.0 Å². The van der Waals surface area contributed by atoms with Crippen LogP contribution in [0, 0.1) is 12.3 Å². The predicted octanol–water partition coefficient (Wildman–Crippen LogP) is 2.32. The highest BCUT2D eigenvalue weighted by Crippen LogP contribution is 2.27. The van der Waals surface area contributed by atoms with E-state index in [1.165, 1.54) is 0 Å². The molecular weight excluding hydrogens is 240 g/mol. The van der Waals surface area contributed by atoms with E-state index in [2.05, 4.69) is 5.92 Å². The second kappa shape index (κ2) is 5.73. The average Bonchev–Trinajstić information content (AvgIpc) is 2.43. The van der Waals surface area contributed by atoms with Crippen LogP contribution >= 0.6 is 0 Å². The zero-order valence-electron chi connectivity index (χ0n) is 10.8. The maximum Gasteiger partial charge on any atom is 0.338 e. The minimum Gasteiger partial charge on any atom is -0.454 e. The lowest BCUT2D eigenvalue weighted by Crippen LogP contribution is -2.30. The summed E-state index contributed by atoms with van der Waals surface area (Å²) < 4.78 is 5.44. The van der Waals surface area contributed by atoms with Crippen LogP contribution in [-0.2, 0) is 4.74 Å². The molecule has 19 heavy (non-hydrogen) atoms. The van der Waals surface area contributed by atoms with Crippen molar-refractivity contribution < 1.29 is 14.6 Å². The highest BCUT2D eigenvalue weighted by atomic mass is 16.5. The van der Waals surface area contributed by atoms with Crippen LogP contribution < -0.4 is 0 Å². The van der Waals surface area contributed by atoms with Gasteiger partial charge in [-0.15, -0.1) is 6.42 Å². The van der Waals surface area contributed by atoms with Crippen LogP contribution in [0.3, 0.4) is 0 Å². The molecule has 0 saturated carbocycles. The van der Waals surface area contributed by atoms with Crippen LogP contribution in [0.15, 0.2) is 41.5 Å². The largest absolute Gasteiger partial charge is 0.454 e. The van der Waals surface area contributed by atoms with Gasteiger partial charge < -0.3 is 9.84 Å². The Hall–Kier alpha value is -2.05. The molecule has 0 aliphatic heterocycles. The van der Waals surface area contributed by atoms with E-state index < -0.39 is 18.2 Å². The van der Waals surface area contributed by atoms with E-state index in [9.17, 15) is 9.90 Å². The van der Waals surface area contributed by atoms with Gasteiger partial charge in [0, 0.05) is 18.4 Å². The van der Waals surface area contributed by atoms with Crippen molar-refractivity contribution in [3.05, 3.63) is 47.0 Å². The van der Waals surface area contributed by atoms with Crippen LogP contribution in [0.2, 0.25) is 0 Å². The van der Waals surface area contributed by atoms with Crippen LogP contribution in [0.4, 0.5) is 0 Å². The molecular formula is C16H16O3. The molecule has 0 aromatic heterocycles. The first kappa shape index (κ1) is 13.4. The molecule has 0 saturated heterocycles. The summed E-state index contributed by atoms with van der Waals surface area (Å²) in [6.07, 6.45) is 5.26. The number of esters is 1. The number of ether oxygens (including phenoxy) is 1. The average molecular weight is 256 g/mol. The van der Waals surface area contributed by atoms with Crippen molar-refractivity contribution in [2.75, 3.05) is 0 Å². The summed E-state index contributed by atoms with van der Waals surface area (Å²) in [5.74, 6) is 2.16. The quantitative estimate of drug-likeness (QED) is 0.652. The van der Waals surface area contributed by atoms with E-state index >= 15 is 0 Å². The molecule has 98 valence electrons. The Bertz CT molecular complexity index is 537. The molecule has 2 atom stereocenters. The maximum atomic E-state index is 12.0. The molecule has 0 heterocycles. The molecule has 2 rings (SSSR count). The summed E-state index contributed by atoms with van der Waals surface area (Å²) in [5.41, 5.74) is 2.08. The SMILES string of the molecule is C#CC1=C(C)[C@H](OC(=O)c2ccccc2)C[C@@H](O)C1. The molecule has 0 radical (unpaired) electrons. The smallest absolute Gasteiger partial charge is 0.338 e. The maximum absolute atomic E-state index is 12.0. The number of hydrogen-bond acceptors (Lipinski definition) is 3. The first-order chi connectivity index (χ1) is 9.11. The van der Waals surface area contributed by atoms with Crippen molar-refractivity contribution in [1.29, 1.82) is 0 Å². The molecule has 0 fully saturated rings. The second-order valence-corrected chi connectivity index (χ2v) is 4.66. The molecule has 0 unspecified atom stereocenters. The van der Waals surface area contributed by atoms with E-state index in [1.54, 1.807) is 24.3 Å². The highest BCUT2D eigenvalue weighted by molar-refractivity contribution is 5.89. The van der Waals surface area contributed by atoms with Gasteiger partial charge in [0.05, 0.1) is 11.7 Å². The van der Waals surface area contributed by atoms with Crippen molar-refractivity contribution in [3.8, 4) is 12.3 Å². The third-order valence-electron chi connectivity index (χ3n) is 3.32. The molecule has 1 aliphatic carbocycles. The summed E-state index contributed by atoms with van der Waals surface area (Å²) in [4.78, 5) is 12.0. The third kappa shape index (κ3) is 3.04. The second-order valence-electron chi connectivity index (χ2n) is 4.66. The van der Waals surface area contributed by atoms with Gasteiger partial charge in [0.1, 0.15) is 6.10 Å². The molecule has 1 N–H and O–H groups in total.